The molecule has 0 aliphatic heterocycles. The van der Waals surface area contributed by atoms with E-state index in [9.17, 15) is 0 Å². The smallest absolute Gasteiger partial charge is 0.101 e. The van der Waals surface area contributed by atoms with Gasteiger partial charge in [-0.3, -0.25) is 0 Å². The number of ether oxygens (including phenoxy) is 1. The molecule has 0 saturated carbocycles. The SMILES string of the molecule is CCc1cc(C(Cn2ccnc2)OC)c(CC)s1. The summed E-state index contributed by atoms with van der Waals surface area (Å²) in [6.45, 7) is 5.23. The van der Waals surface area contributed by atoms with Crippen molar-refractivity contribution in [3.63, 3.8) is 0 Å². The van der Waals surface area contributed by atoms with Gasteiger partial charge in [0.1, 0.15) is 6.10 Å². The molecule has 0 N–H and O–H groups in total. The van der Waals surface area contributed by atoms with Gasteiger partial charge in [-0.1, -0.05) is 13.8 Å². The molecule has 0 aliphatic rings. The molecule has 0 spiro atoms. The number of aromatic nitrogens is 2. The fraction of sp³-hybridized carbons (Fsp3) is 0.500. The van der Waals surface area contributed by atoms with Gasteiger partial charge < -0.3 is 9.30 Å². The topological polar surface area (TPSA) is 27.1 Å². The molecule has 2 aromatic heterocycles. The molecule has 18 heavy (non-hydrogen) atoms. The zero-order chi connectivity index (χ0) is 13.0. The van der Waals surface area contributed by atoms with Crippen molar-refractivity contribution < 1.29 is 4.74 Å². The van der Waals surface area contributed by atoms with Gasteiger partial charge in [0.05, 0.1) is 12.9 Å². The Hall–Kier alpha value is -1.13. The van der Waals surface area contributed by atoms with E-state index in [2.05, 4.69) is 29.5 Å². The maximum Gasteiger partial charge on any atom is 0.101 e. The summed E-state index contributed by atoms with van der Waals surface area (Å²) in [6, 6.07) is 2.30. The molecule has 0 saturated heterocycles. The van der Waals surface area contributed by atoms with Crippen LogP contribution >= 0.6 is 11.3 Å². The number of aryl methyl sites for hydroxylation is 2. The quantitative estimate of drug-likeness (QED) is 0.799. The van der Waals surface area contributed by atoms with Gasteiger partial charge >= 0.3 is 0 Å². The first kappa shape index (κ1) is 13.3. The monoisotopic (exact) mass is 264 g/mol. The molecule has 0 radical (unpaired) electrons. The Kier molecular flexibility index (Phi) is 4.55. The van der Waals surface area contributed by atoms with Crippen molar-refractivity contribution in [2.24, 2.45) is 0 Å². The summed E-state index contributed by atoms with van der Waals surface area (Å²) in [4.78, 5) is 6.96. The van der Waals surface area contributed by atoms with Crippen LogP contribution in [0.5, 0.6) is 0 Å². The summed E-state index contributed by atoms with van der Waals surface area (Å²) in [5.74, 6) is 0. The summed E-state index contributed by atoms with van der Waals surface area (Å²) in [5, 5.41) is 0. The van der Waals surface area contributed by atoms with Gasteiger partial charge in [-0.2, -0.15) is 0 Å². The lowest BCUT2D eigenvalue weighted by Gasteiger charge is -2.16. The molecule has 1 unspecified atom stereocenters. The fourth-order valence-corrected chi connectivity index (χ4v) is 3.21. The second-order valence-electron chi connectivity index (χ2n) is 4.28. The van der Waals surface area contributed by atoms with E-state index in [1.54, 1.807) is 13.3 Å². The molecule has 0 aromatic carbocycles. The zero-order valence-corrected chi connectivity index (χ0v) is 12.0. The average molecular weight is 264 g/mol. The van der Waals surface area contributed by atoms with Crippen molar-refractivity contribution in [1.82, 2.24) is 9.55 Å². The Morgan fingerprint density at radius 3 is 2.78 bits per heavy atom. The molecule has 2 aromatic rings. The number of hydrogen-bond donors (Lipinski definition) is 0. The molecule has 2 heterocycles. The van der Waals surface area contributed by atoms with Crippen LogP contribution in [0.15, 0.2) is 24.8 Å². The van der Waals surface area contributed by atoms with Gasteiger partial charge in [0.25, 0.3) is 0 Å². The van der Waals surface area contributed by atoms with E-state index in [-0.39, 0.29) is 6.10 Å². The van der Waals surface area contributed by atoms with Gasteiger partial charge in [-0.05, 0) is 24.5 Å². The molecule has 3 nitrogen and oxygen atoms in total. The van der Waals surface area contributed by atoms with E-state index in [0.717, 1.165) is 19.4 Å². The Bertz CT molecular complexity index is 476. The van der Waals surface area contributed by atoms with Gasteiger partial charge in [0.2, 0.25) is 0 Å². The lowest BCUT2D eigenvalue weighted by atomic mass is 10.1. The highest BCUT2D eigenvalue weighted by atomic mass is 32.1. The highest BCUT2D eigenvalue weighted by Gasteiger charge is 2.17. The summed E-state index contributed by atoms with van der Waals surface area (Å²) in [5.41, 5.74) is 1.34. The van der Waals surface area contributed by atoms with Crippen molar-refractivity contribution in [2.45, 2.75) is 39.3 Å². The number of methoxy groups -OCH3 is 1. The van der Waals surface area contributed by atoms with Crippen molar-refractivity contribution in [1.29, 1.82) is 0 Å². The zero-order valence-electron chi connectivity index (χ0n) is 11.2. The average Bonchev–Trinajstić information content (AvgIpc) is 3.04. The first-order chi connectivity index (χ1) is 8.78. The van der Waals surface area contributed by atoms with Crippen molar-refractivity contribution in [2.75, 3.05) is 7.11 Å². The molecular formula is C14H20N2OS. The summed E-state index contributed by atoms with van der Waals surface area (Å²) < 4.78 is 7.73. The van der Waals surface area contributed by atoms with Crippen LogP contribution in [0.4, 0.5) is 0 Å². The fourth-order valence-electron chi connectivity index (χ4n) is 2.11. The summed E-state index contributed by atoms with van der Waals surface area (Å²) >= 11 is 1.91. The van der Waals surface area contributed by atoms with Gasteiger partial charge in [-0.25, -0.2) is 4.98 Å². The van der Waals surface area contributed by atoms with Crippen molar-refractivity contribution in [3.8, 4) is 0 Å². The third-order valence-electron chi connectivity index (χ3n) is 3.13. The van der Waals surface area contributed by atoms with Gasteiger partial charge in [-0.15, -0.1) is 11.3 Å². The molecule has 1 atom stereocenters. The minimum Gasteiger partial charge on any atom is -0.375 e. The molecule has 4 heteroatoms. The van der Waals surface area contributed by atoms with Gasteiger partial charge in [0, 0.05) is 29.3 Å². The second-order valence-corrected chi connectivity index (χ2v) is 5.50. The van der Waals surface area contributed by atoms with E-state index < -0.39 is 0 Å². The summed E-state index contributed by atoms with van der Waals surface area (Å²) in [7, 11) is 1.78. The molecular weight excluding hydrogens is 244 g/mol. The van der Waals surface area contributed by atoms with Crippen LogP contribution < -0.4 is 0 Å². The number of nitrogens with zero attached hydrogens (tertiary/aromatic N) is 2. The first-order valence-electron chi connectivity index (χ1n) is 6.38. The van der Waals surface area contributed by atoms with Crippen LogP contribution in [0, 0.1) is 0 Å². The Labute approximate surface area is 112 Å². The van der Waals surface area contributed by atoms with Crippen LogP contribution in [-0.2, 0) is 24.1 Å². The Balaban J connectivity index is 2.23. The molecule has 2 rings (SSSR count). The van der Waals surface area contributed by atoms with Crippen LogP contribution in [0.3, 0.4) is 0 Å². The first-order valence-corrected chi connectivity index (χ1v) is 7.20. The van der Waals surface area contributed by atoms with E-state index in [1.807, 2.05) is 23.9 Å². The predicted octanol–water partition coefficient (Wildman–Crippen LogP) is 3.46. The summed E-state index contributed by atoms with van der Waals surface area (Å²) in [6.07, 6.45) is 7.91. The Morgan fingerprint density at radius 1 is 1.39 bits per heavy atom. The largest absolute Gasteiger partial charge is 0.375 e. The molecule has 0 amide bonds. The third-order valence-corrected chi connectivity index (χ3v) is 4.57. The Morgan fingerprint density at radius 2 is 2.22 bits per heavy atom. The van der Waals surface area contributed by atoms with Crippen LogP contribution in [-0.4, -0.2) is 16.7 Å². The number of hydrogen-bond acceptors (Lipinski definition) is 3. The number of rotatable bonds is 6. The number of thiophene rings is 1. The predicted molar refractivity (Wildman–Crippen MR) is 75.1 cm³/mol. The van der Waals surface area contributed by atoms with Crippen LogP contribution in [0.1, 0.15) is 35.3 Å². The lowest BCUT2D eigenvalue weighted by molar-refractivity contribution is 0.0875. The van der Waals surface area contributed by atoms with E-state index in [1.165, 1.54) is 15.3 Å². The minimum atomic E-state index is 0.116. The maximum atomic E-state index is 5.67. The van der Waals surface area contributed by atoms with Crippen LogP contribution in [0.2, 0.25) is 0 Å². The van der Waals surface area contributed by atoms with E-state index in [4.69, 9.17) is 4.74 Å². The minimum absolute atomic E-state index is 0.116. The molecule has 0 aliphatic carbocycles. The molecule has 0 fully saturated rings. The highest BCUT2D eigenvalue weighted by Crippen LogP contribution is 2.31. The third kappa shape index (κ3) is 2.82. The van der Waals surface area contributed by atoms with Crippen molar-refractivity contribution >= 4 is 11.3 Å². The molecule has 0 bridgehead atoms. The van der Waals surface area contributed by atoms with Crippen LogP contribution in [0.25, 0.3) is 0 Å². The van der Waals surface area contributed by atoms with Crippen molar-refractivity contribution in [3.05, 3.63) is 40.1 Å². The molecule has 98 valence electrons. The number of imidazole rings is 1. The lowest BCUT2D eigenvalue weighted by Crippen LogP contribution is -2.10. The normalized spacial score (nSPS) is 12.8. The van der Waals surface area contributed by atoms with E-state index in [0.29, 0.717) is 0 Å². The highest BCUT2D eigenvalue weighted by molar-refractivity contribution is 7.12. The standard InChI is InChI=1S/C14H20N2OS/c1-4-11-8-12(14(5-2)18-11)13(17-3)9-16-7-6-15-10-16/h6-8,10,13H,4-5,9H2,1-3H3. The van der Waals surface area contributed by atoms with E-state index >= 15 is 0 Å². The maximum absolute atomic E-state index is 5.67. The second kappa shape index (κ2) is 6.16. The van der Waals surface area contributed by atoms with Gasteiger partial charge in [0.15, 0.2) is 0 Å².